The first-order valence-corrected chi connectivity index (χ1v) is 20.8. The maximum absolute atomic E-state index is 13.5. The van der Waals surface area contributed by atoms with Crippen molar-refractivity contribution in [1.29, 1.82) is 0 Å². The van der Waals surface area contributed by atoms with E-state index in [1.54, 1.807) is 6.07 Å². The molecule has 2 aliphatic rings. The molecule has 3 N–H and O–H groups in total. The number of aliphatic hydroxyl groups is 2. The maximum Gasteiger partial charge on any atom is 0.261 e. The van der Waals surface area contributed by atoms with E-state index in [1.165, 1.54) is 11.9 Å². The number of benzene rings is 4. The third-order valence-electron chi connectivity index (χ3n) is 11.4. The Morgan fingerprint density at radius 3 is 2.08 bits per heavy atom. The smallest absolute Gasteiger partial charge is 0.261 e. The van der Waals surface area contributed by atoms with Crippen LogP contribution in [0.3, 0.4) is 0 Å². The van der Waals surface area contributed by atoms with Crippen LogP contribution in [0.5, 0.6) is 5.75 Å². The predicted molar refractivity (Wildman–Crippen MR) is 214 cm³/mol. The number of phenolic OH excluding ortho intramolecular Hbond substituents is 1. The van der Waals surface area contributed by atoms with E-state index in [-0.39, 0.29) is 42.2 Å². The number of phenols is 1. The molecule has 4 aromatic carbocycles. The Labute approximate surface area is 314 Å². The molecule has 1 aliphatic carbocycles. The van der Waals surface area contributed by atoms with Crippen LogP contribution in [-0.2, 0) is 14.0 Å². The zero-order valence-corrected chi connectivity index (χ0v) is 32.6. The van der Waals surface area contributed by atoms with E-state index in [4.69, 9.17) is 4.43 Å². The van der Waals surface area contributed by atoms with Crippen molar-refractivity contribution >= 4 is 47.4 Å². The van der Waals surface area contributed by atoms with Crippen molar-refractivity contribution in [3.63, 3.8) is 0 Å². The molecule has 6 rings (SSSR count). The molecule has 0 bridgehead atoms. The zero-order chi connectivity index (χ0) is 37.9. The van der Waals surface area contributed by atoms with E-state index in [2.05, 4.69) is 58.0 Å². The summed E-state index contributed by atoms with van der Waals surface area (Å²) in [6, 6.07) is 32.1. The van der Waals surface area contributed by atoms with Crippen molar-refractivity contribution in [3.05, 3.63) is 119 Å². The Morgan fingerprint density at radius 2 is 1.49 bits per heavy atom. The van der Waals surface area contributed by atoms with Gasteiger partial charge in [-0.25, -0.2) is 0 Å². The Kier molecular flexibility index (Phi) is 11.5. The van der Waals surface area contributed by atoms with Crippen molar-refractivity contribution in [2.75, 3.05) is 20.3 Å². The minimum atomic E-state index is -2.99. The third kappa shape index (κ3) is 7.30. The van der Waals surface area contributed by atoms with Crippen molar-refractivity contribution < 1.29 is 29.3 Å². The van der Waals surface area contributed by atoms with E-state index in [1.807, 2.05) is 66.7 Å². The van der Waals surface area contributed by atoms with Gasteiger partial charge in [0.1, 0.15) is 5.75 Å². The van der Waals surface area contributed by atoms with Gasteiger partial charge >= 0.3 is 0 Å². The van der Waals surface area contributed by atoms with Crippen molar-refractivity contribution in [2.24, 2.45) is 17.8 Å². The number of aliphatic hydroxyl groups excluding tert-OH is 2. The summed E-state index contributed by atoms with van der Waals surface area (Å²) in [6.07, 6.45) is 4.21. The van der Waals surface area contributed by atoms with Crippen molar-refractivity contribution in [2.45, 2.75) is 70.9 Å². The molecule has 1 fully saturated rings. The van der Waals surface area contributed by atoms with Gasteiger partial charge in [0.05, 0.1) is 31.2 Å². The van der Waals surface area contributed by atoms with Gasteiger partial charge in [-0.2, -0.15) is 0 Å². The van der Waals surface area contributed by atoms with Gasteiger partial charge in [-0.3, -0.25) is 14.5 Å². The fourth-order valence-electron chi connectivity index (χ4n) is 8.93. The summed E-state index contributed by atoms with van der Waals surface area (Å²) < 4.78 is 7.36. The summed E-state index contributed by atoms with van der Waals surface area (Å²) in [5.74, 6) is -2.36. The number of carbonyl (C=O) groups is 2. The monoisotopic (exact) mass is 731 g/mol. The lowest BCUT2D eigenvalue weighted by Gasteiger charge is -2.44. The average molecular weight is 732 g/mol. The summed E-state index contributed by atoms with van der Waals surface area (Å²) >= 11 is 0. The van der Waals surface area contributed by atoms with Crippen LogP contribution in [0, 0.1) is 17.8 Å². The molecule has 7 nitrogen and oxygen atoms in total. The first kappa shape index (κ1) is 38.4. The van der Waals surface area contributed by atoms with E-state index < -0.39 is 32.2 Å². The molecule has 8 heteroatoms. The number of hydrogen-bond acceptors (Lipinski definition) is 6. The molecular weight excluding hydrogens is 679 g/mol. The standard InChI is InChI=1S/C45H53NO6Si/c1-6-15-30(26-31-23-25-39(48)36-21-14-13-20-35(31)36)22-24-40(49)41-32(27-37-42(38(41)28-47)44(51)46(5)43(37)50)29-52-53(45(2,3)4,33-16-9-7-10-17-33)34-18-11-8-12-19-34/h7-14,16-21,23,25-26,37-38,40,42,47-49H,6,15,22,24,27-29H2,1-5H3/b30-26+/t37-,38+,40-,42-/m1/s1. The fraction of sp³-hybridized carbons (Fsp3) is 0.378. The first-order valence-electron chi connectivity index (χ1n) is 18.9. The molecule has 0 spiro atoms. The molecule has 0 radical (unpaired) electrons. The summed E-state index contributed by atoms with van der Waals surface area (Å²) in [7, 11) is -1.48. The zero-order valence-electron chi connectivity index (χ0n) is 31.6. The van der Waals surface area contributed by atoms with E-state index in [9.17, 15) is 24.9 Å². The second kappa shape index (κ2) is 15.9. The molecular formula is C45H53NO6Si. The summed E-state index contributed by atoms with van der Waals surface area (Å²) in [5.41, 5.74) is 3.60. The predicted octanol–water partition coefficient (Wildman–Crippen LogP) is 6.99. The van der Waals surface area contributed by atoms with Crippen LogP contribution in [0.15, 0.2) is 114 Å². The molecule has 4 aromatic rings. The van der Waals surface area contributed by atoms with Crippen LogP contribution in [0.4, 0.5) is 0 Å². The van der Waals surface area contributed by atoms with Gasteiger partial charge in [0.2, 0.25) is 11.8 Å². The number of allylic oxidation sites excluding steroid dienone is 1. The number of aromatic hydroxyl groups is 1. The van der Waals surface area contributed by atoms with Crippen LogP contribution < -0.4 is 10.4 Å². The first-order chi connectivity index (χ1) is 25.4. The van der Waals surface area contributed by atoms with Gasteiger partial charge in [-0.05, 0) is 69.3 Å². The molecule has 4 atom stereocenters. The van der Waals surface area contributed by atoms with Crippen LogP contribution >= 0.6 is 0 Å². The number of nitrogens with zero attached hydrogens (tertiary/aromatic N) is 1. The molecule has 1 aliphatic heterocycles. The van der Waals surface area contributed by atoms with E-state index in [0.29, 0.717) is 18.4 Å². The number of rotatable bonds is 13. The Balaban J connectivity index is 1.40. The molecule has 53 heavy (non-hydrogen) atoms. The SMILES string of the molecule is CCC/C(=C\c1ccc(O)c2ccccc12)CC[C@@H](O)C1=C(CO[Si](c2ccccc2)(c2ccccc2)C(C)(C)C)C[C@H]2C(=O)N(C)C(=O)[C@H]2[C@H]1CO. The highest BCUT2D eigenvalue weighted by Gasteiger charge is 2.55. The number of amides is 2. The highest BCUT2D eigenvalue weighted by Crippen LogP contribution is 2.47. The number of likely N-dealkylation sites (tertiary alicyclic amines) is 1. The molecule has 1 saturated heterocycles. The summed E-state index contributed by atoms with van der Waals surface area (Å²) in [4.78, 5) is 28.2. The van der Waals surface area contributed by atoms with Gasteiger partial charge in [-0.15, -0.1) is 0 Å². The molecule has 2 amide bonds. The van der Waals surface area contributed by atoms with Crippen LogP contribution in [-0.4, -0.2) is 66.7 Å². The van der Waals surface area contributed by atoms with Gasteiger partial charge in [0, 0.05) is 18.4 Å². The molecule has 278 valence electrons. The van der Waals surface area contributed by atoms with E-state index in [0.717, 1.165) is 50.7 Å². The van der Waals surface area contributed by atoms with Crippen molar-refractivity contribution in [1.82, 2.24) is 4.90 Å². The fourth-order valence-corrected chi connectivity index (χ4v) is 13.5. The minimum absolute atomic E-state index is 0.168. The van der Waals surface area contributed by atoms with E-state index >= 15 is 0 Å². The average Bonchev–Trinajstić information content (AvgIpc) is 3.38. The molecule has 0 saturated carbocycles. The molecule has 0 aromatic heterocycles. The molecule has 0 unspecified atom stereocenters. The number of hydrogen-bond donors (Lipinski definition) is 3. The lowest BCUT2D eigenvalue weighted by molar-refractivity contribution is -0.138. The Hall–Kier alpha value is -4.34. The lowest BCUT2D eigenvalue weighted by atomic mass is 9.68. The van der Waals surface area contributed by atoms with Crippen LogP contribution in [0.2, 0.25) is 5.04 Å². The minimum Gasteiger partial charge on any atom is -0.507 e. The second-order valence-corrected chi connectivity index (χ2v) is 20.0. The highest BCUT2D eigenvalue weighted by molar-refractivity contribution is 6.99. The van der Waals surface area contributed by atoms with Crippen molar-refractivity contribution in [3.8, 4) is 5.75 Å². The van der Waals surface area contributed by atoms with Crippen LogP contribution in [0.25, 0.3) is 16.8 Å². The number of carbonyl (C=O) groups excluding carboxylic acids is 2. The summed E-state index contributed by atoms with van der Waals surface area (Å²) in [5, 5.41) is 37.4. The van der Waals surface area contributed by atoms with Gasteiger partial charge in [-0.1, -0.05) is 137 Å². The number of imide groups is 1. The largest absolute Gasteiger partial charge is 0.507 e. The Bertz CT molecular complexity index is 1960. The topological polar surface area (TPSA) is 107 Å². The van der Waals surface area contributed by atoms with Gasteiger partial charge in [0.25, 0.3) is 8.32 Å². The maximum atomic E-state index is 13.5. The highest BCUT2D eigenvalue weighted by atomic mass is 28.4. The number of fused-ring (bicyclic) bond motifs is 2. The van der Waals surface area contributed by atoms with Gasteiger partial charge < -0.3 is 19.7 Å². The van der Waals surface area contributed by atoms with Crippen LogP contribution in [0.1, 0.15) is 65.4 Å². The molecule has 1 heterocycles. The Morgan fingerprint density at radius 1 is 0.887 bits per heavy atom. The summed E-state index contributed by atoms with van der Waals surface area (Å²) in [6.45, 7) is 8.57. The van der Waals surface area contributed by atoms with Gasteiger partial charge in [0.15, 0.2) is 0 Å². The third-order valence-corrected chi connectivity index (χ3v) is 16.4. The lowest BCUT2D eigenvalue weighted by Crippen LogP contribution is -2.66. The normalized spacial score (nSPS) is 20.3. The quantitative estimate of drug-likeness (QED) is 0.0778. The second-order valence-electron chi connectivity index (χ2n) is 15.7.